The van der Waals surface area contributed by atoms with Gasteiger partial charge in [-0.3, -0.25) is 0 Å². The molecule has 262 valence electrons. The molecular formula is C39H46O10. The summed E-state index contributed by atoms with van der Waals surface area (Å²) in [6.07, 6.45) is 9.57. The van der Waals surface area contributed by atoms with Gasteiger partial charge in [-0.05, 0) is 131 Å². The number of ether oxygens (including phenoxy) is 7. The number of hydrogen-bond donors (Lipinski definition) is 0. The molecule has 0 atom stereocenters. The molecular weight excluding hydrogens is 628 g/mol. The summed E-state index contributed by atoms with van der Waals surface area (Å²) in [6, 6.07) is 19.3. The fraction of sp³-hybridized carbons (Fsp3) is 0.359. The van der Waals surface area contributed by atoms with Crippen molar-refractivity contribution in [2.75, 3.05) is 33.2 Å². The third kappa shape index (κ3) is 15.5. The molecule has 0 heterocycles. The lowest BCUT2D eigenvalue weighted by molar-refractivity contribution is -0.138. The Balaban J connectivity index is 1.29. The molecule has 0 aliphatic heterocycles. The number of unbranched alkanes of at least 4 members (excludes halogenated alkanes) is 6. The van der Waals surface area contributed by atoms with Crippen LogP contribution in [0.4, 0.5) is 0 Å². The summed E-state index contributed by atoms with van der Waals surface area (Å²) in [4.78, 5) is 34.7. The van der Waals surface area contributed by atoms with E-state index in [1.165, 1.54) is 6.08 Å². The minimum absolute atomic E-state index is 0.00390. The second-order valence-electron chi connectivity index (χ2n) is 11.0. The van der Waals surface area contributed by atoms with E-state index in [1.807, 2.05) is 31.2 Å². The Morgan fingerprint density at radius 3 is 1.49 bits per heavy atom. The van der Waals surface area contributed by atoms with Crippen LogP contribution in [0.15, 0.2) is 92.0 Å². The molecule has 0 amide bonds. The van der Waals surface area contributed by atoms with Gasteiger partial charge in [0, 0.05) is 12.2 Å². The standard InChI is InChI=1S/C39H46O10/c1-4-37(40)45-26-12-8-6-10-24-43-32-16-14-31(15-17-32)39(42)49-35-22-23-36(30(3)28-35)48-29-47-34-20-18-33(19-21-34)44-25-11-7-9-13-27-46-38(41)5-2/h4-5,14-23,28H,1-2,6-13,24-27,29H2,3H3. The third-order valence-corrected chi connectivity index (χ3v) is 7.15. The van der Waals surface area contributed by atoms with Gasteiger partial charge in [0.25, 0.3) is 0 Å². The maximum absolute atomic E-state index is 12.7. The predicted molar refractivity (Wildman–Crippen MR) is 185 cm³/mol. The zero-order valence-electron chi connectivity index (χ0n) is 28.2. The van der Waals surface area contributed by atoms with E-state index in [-0.39, 0.29) is 12.8 Å². The van der Waals surface area contributed by atoms with Crippen molar-refractivity contribution >= 4 is 17.9 Å². The van der Waals surface area contributed by atoms with Gasteiger partial charge < -0.3 is 33.2 Å². The van der Waals surface area contributed by atoms with Crippen LogP contribution in [-0.2, 0) is 19.1 Å². The van der Waals surface area contributed by atoms with Crippen molar-refractivity contribution in [2.24, 2.45) is 0 Å². The number of aryl methyl sites for hydroxylation is 1. The Morgan fingerprint density at radius 2 is 1.00 bits per heavy atom. The highest BCUT2D eigenvalue weighted by Gasteiger charge is 2.11. The first-order valence-electron chi connectivity index (χ1n) is 16.5. The van der Waals surface area contributed by atoms with E-state index in [4.69, 9.17) is 33.2 Å². The highest BCUT2D eigenvalue weighted by molar-refractivity contribution is 5.91. The van der Waals surface area contributed by atoms with Crippen molar-refractivity contribution in [3.63, 3.8) is 0 Å². The Labute approximate surface area is 288 Å². The third-order valence-electron chi connectivity index (χ3n) is 7.15. The molecule has 0 N–H and O–H groups in total. The van der Waals surface area contributed by atoms with Gasteiger partial charge in [-0.1, -0.05) is 13.2 Å². The molecule has 3 rings (SSSR count). The summed E-state index contributed by atoms with van der Waals surface area (Å²) >= 11 is 0. The number of benzene rings is 3. The summed E-state index contributed by atoms with van der Waals surface area (Å²) in [5.74, 6) is 1.82. The van der Waals surface area contributed by atoms with Crippen LogP contribution in [0.1, 0.15) is 67.3 Å². The fourth-order valence-electron chi connectivity index (χ4n) is 4.45. The van der Waals surface area contributed by atoms with Crippen LogP contribution < -0.4 is 23.7 Å². The maximum Gasteiger partial charge on any atom is 0.343 e. The molecule has 3 aromatic rings. The average molecular weight is 675 g/mol. The number of carbonyl (C=O) groups excluding carboxylic acids is 3. The molecule has 0 saturated carbocycles. The molecule has 3 aromatic carbocycles. The topological polar surface area (TPSA) is 116 Å². The Hall–Kier alpha value is -5.25. The molecule has 49 heavy (non-hydrogen) atoms. The van der Waals surface area contributed by atoms with E-state index in [1.54, 1.807) is 42.5 Å². The monoisotopic (exact) mass is 674 g/mol. The molecule has 10 heteroatoms. The Morgan fingerprint density at radius 1 is 0.551 bits per heavy atom. The zero-order valence-corrected chi connectivity index (χ0v) is 28.2. The van der Waals surface area contributed by atoms with Crippen molar-refractivity contribution in [3.05, 3.63) is 103 Å². The van der Waals surface area contributed by atoms with Gasteiger partial charge in [-0.25, -0.2) is 14.4 Å². The number of rotatable bonds is 24. The smallest absolute Gasteiger partial charge is 0.343 e. The fourth-order valence-corrected chi connectivity index (χ4v) is 4.45. The van der Waals surface area contributed by atoms with Crippen molar-refractivity contribution in [1.29, 1.82) is 0 Å². The summed E-state index contributed by atoms with van der Waals surface area (Å²) in [6.45, 7) is 10.6. The molecule has 0 aliphatic carbocycles. The summed E-state index contributed by atoms with van der Waals surface area (Å²) in [5, 5.41) is 0. The van der Waals surface area contributed by atoms with Crippen LogP contribution >= 0.6 is 0 Å². The number of carbonyl (C=O) groups is 3. The molecule has 0 aliphatic rings. The lowest BCUT2D eigenvalue weighted by Crippen LogP contribution is -2.09. The lowest BCUT2D eigenvalue weighted by Gasteiger charge is -2.12. The molecule has 0 aromatic heterocycles. The van der Waals surface area contributed by atoms with Crippen molar-refractivity contribution in [1.82, 2.24) is 0 Å². The van der Waals surface area contributed by atoms with Crippen molar-refractivity contribution in [2.45, 2.75) is 58.3 Å². The van der Waals surface area contributed by atoms with Gasteiger partial charge >= 0.3 is 17.9 Å². The second-order valence-corrected chi connectivity index (χ2v) is 11.0. The number of esters is 3. The SMILES string of the molecule is C=CC(=O)OCCCCCCOc1ccc(OCOc2ccc(OC(=O)c3ccc(OCCCCCCOC(=O)C=C)cc3)cc2C)cc1. The number of hydrogen-bond acceptors (Lipinski definition) is 10. The second kappa shape index (κ2) is 22.3. The van der Waals surface area contributed by atoms with E-state index in [2.05, 4.69) is 13.2 Å². The highest BCUT2D eigenvalue weighted by atomic mass is 16.7. The molecule has 0 bridgehead atoms. The van der Waals surface area contributed by atoms with Crippen LogP contribution in [0.3, 0.4) is 0 Å². The summed E-state index contributed by atoms with van der Waals surface area (Å²) in [7, 11) is 0. The first-order chi connectivity index (χ1) is 23.9. The first kappa shape index (κ1) is 38.2. The van der Waals surface area contributed by atoms with Crippen molar-refractivity contribution < 1.29 is 47.5 Å². The minimum Gasteiger partial charge on any atom is -0.494 e. The molecule has 0 unspecified atom stereocenters. The van der Waals surface area contributed by atoms with Crippen LogP contribution in [0, 0.1) is 6.92 Å². The van der Waals surface area contributed by atoms with E-state index in [0.717, 1.165) is 68.8 Å². The molecule has 10 nitrogen and oxygen atoms in total. The first-order valence-corrected chi connectivity index (χ1v) is 16.5. The van der Waals surface area contributed by atoms with Gasteiger partial charge in [0.05, 0.1) is 32.0 Å². The quantitative estimate of drug-likeness (QED) is 0.0305. The molecule has 0 spiro atoms. The summed E-state index contributed by atoms with van der Waals surface area (Å²) < 4.78 is 38.5. The summed E-state index contributed by atoms with van der Waals surface area (Å²) in [5.41, 5.74) is 1.20. The van der Waals surface area contributed by atoms with E-state index >= 15 is 0 Å². The highest BCUT2D eigenvalue weighted by Crippen LogP contribution is 2.25. The van der Waals surface area contributed by atoms with Gasteiger partial charge in [0.2, 0.25) is 6.79 Å². The van der Waals surface area contributed by atoms with Crippen LogP contribution in [-0.4, -0.2) is 51.1 Å². The Kier molecular flexibility index (Phi) is 17.4. The lowest BCUT2D eigenvalue weighted by atomic mass is 10.2. The van der Waals surface area contributed by atoms with Gasteiger partial charge in [-0.2, -0.15) is 0 Å². The van der Waals surface area contributed by atoms with Gasteiger partial charge in [0.1, 0.15) is 28.7 Å². The maximum atomic E-state index is 12.7. The normalized spacial score (nSPS) is 10.4. The van der Waals surface area contributed by atoms with Crippen LogP contribution in [0.25, 0.3) is 0 Å². The zero-order chi connectivity index (χ0) is 35.1. The minimum atomic E-state index is -0.476. The molecule has 0 saturated heterocycles. The van der Waals surface area contributed by atoms with E-state index in [9.17, 15) is 14.4 Å². The van der Waals surface area contributed by atoms with E-state index in [0.29, 0.717) is 55.0 Å². The van der Waals surface area contributed by atoms with Crippen molar-refractivity contribution in [3.8, 4) is 28.7 Å². The van der Waals surface area contributed by atoms with Gasteiger partial charge in [0.15, 0.2) is 0 Å². The molecule has 0 radical (unpaired) electrons. The van der Waals surface area contributed by atoms with E-state index < -0.39 is 11.9 Å². The van der Waals surface area contributed by atoms with Crippen LogP contribution in [0.2, 0.25) is 0 Å². The molecule has 0 fully saturated rings. The van der Waals surface area contributed by atoms with Gasteiger partial charge in [-0.15, -0.1) is 0 Å². The predicted octanol–water partition coefficient (Wildman–Crippen LogP) is 7.97. The van der Waals surface area contributed by atoms with Crippen LogP contribution in [0.5, 0.6) is 28.7 Å². The average Bonchev–Trinajstić information content (AvgIpc) is 3.12. The Bertz CT molecular complexity index is 1460. The largest absolute Gasteiger partial charge is 0.494 e.